The molecule has 156 valence electrons. The van der Waals surface area contributed by atoms with Gasteiger partial charge in [-0.1, -0.05) is 12.1 Å². The van der Waals surface area contributed by atoms with Gasteiger partial charge in [-0.25, -0.2) is 4.79 Å². The summed E-state index contributed by atoms with van der Waals surface area (Å²) in [5.41, 5.74) is 1.17. The molecule has 2 aromatic rings. The number of furan rings is 1. The van der Waals surface area contributed by atoms with E-state index in [0.717, 1.165) is 5.56 Å². The highest BCUT2D eigenvalue weighted by Gasteiger charge is 2.42. The summed E-state index contributed by atoms with van der Waals surface area (Å²) in [6.45, 7) is 0.873. The van der Waals surface area contributed by atoms with Gasteiger partial charge in [0.2, 0.25) is 5.91 Å². The number of carboxylic acid groups (broad SMARTS) is 1. The smallest absolute Gasteiger partial charge is 0.326 e. The van der Waals surface area contributed by atoms with Crippen LogP contribution in [0.15, 0.2) is 40.8 Å². The fourth-order valence-electron chi connectivity index (χ4n) is 4.26. The first-order valence-corrected chi connectivity index (χ1v) is 9.99. The van der Waals surface area contributed by atoms with E-state index >= 15 is 0 Å². The summed E-state index contributed by atoms with van der Waals surface area (Å²) in [5.74, 6) is -0.775. The zero-order valence-corrected chi connectivity index (χ0v) is 16.3. The fourth-order valence-corrected chi connectivity index (χ4v) is 4.26. The van der Waals surface area contributed by atoms with E-state index in [9.17, 15) is 24.3 Å². The third kappa shape index (κ3) is 3.60. The van der Waals surface area contributed by atoms with Gasteiger partial charge >= 0.3 is 5.97 Å². The molecule has 2 amide bonds. The van der Waals surface area contributed by atoms with Crippen LogP contribution in [0.4, 0.5) is 0 Å². The van der Waals surface area contributed by atoms with Crippen molar-refractivity contribution in [2.75, 3.05) is 13.1 Å². The van der Waals surface area contributed by atoms with Gasteiger partial charge in [0.1, 0.15) is 17.8 Å². The Morgan fingerprint density at radius 2 is 1.60 bits per heavy atom. The Hall–Kier alpha value is -3.42. The first-order chi connectivity index (χ1) is 14.5. The van der Waals surface area contributed by atoms with Gasteiger partial charge in [-0.05, 0) is 49.9 Å². The normalized spacial score (nSPS) is 21.1. The number of nitrogens with zero attached hydrogens (tertiary/aromatic N) is 2. The third-order valence-corrected chi connectivity index (χ3v) is 5.78. The molecule has 2 saturated heterocycles. The third-order valence-electron chi connectivity index (χ3n) is 5.78. The maximum Gasteiger partial charge on any atom is 0.326 e. The number of amides is 2. The lowest BCUT2D eigenvalue weighted by Gasteiger charge is -2.30. The molecular weight excluding hydrogens is 388 g/mol. The molecule has 0 aliphatic carbocycles. The molecule has 8 heteroatoms. The quantitative estimate of drug-likeness (QED) is 0.759. The number of likely N-dealkylation sites (tertiary alicyclic amines) is 2. The summed E-state index contributed by atoms with van der Waals surface area (Å²) in [5, 5.41) is 9.36. The average Bonchev–Trinajstić information content (AvgIpc) is 3.52. The number of hydrogen-bond donors (Lipinski definition) is 1. The fraction of sp³-hybridized carbons (Fsp3) is 0.364. The van der Waals surface area contributed by atoms with Crippen LogP contribution in [-0.4, -0.2) is 64.1 Å². The number of aliphatic carboxylic acids is 1. The minimum absolute atomic E-state index is 0.227. The predicted octanol–water partition coefficient (Wildman–Crippen LogP) is 2.44. The molecule has 0 spiro atoms. The Labute approximate surface area is 173 Å². The minimum Gasteiger partial charge on any atom is -0.480 e. The van der Waals surface area contributed by atoms with Crippen LogP contribution >= 0.6 is 0 Å². The predicted molar refractivity (Wildman–Crippen MR) is 106 cm³/mol. The molecule has 1 aromatic heterocycles. The molecule has 1 N–H and O–H groups in total. The first-order valence-electron chi connectivity index (χ1n) is 9.99. The van der Waals surface area contributed by atoms with Crippen LogP contribution in [0.1, 0.15) is 46.6 Å². The van der Waals surface area contributed by atoms with Gasteiger partial charge in [-0.2, -0.15) is 0 Å². The van der Waals surface area contributed by atoms with Crippen molar-refractivity contribution in [3.05, 3.63) is 47.7 Å². The van der Waals surface area contributed by atoms with Crippen LogP contribution in [0.25, 0.3) is 11.3 Å². The summed E-state index contributed by atoms with van der Waals surface area (Å²) in [6.07, 6.45) is 2.96. The molecule has 4 rings (SSSR count). The van der Waals surface area contributed by atoms with E-state index < -0.39 is 18.1 Å². The van der Waals surface area contributed by atoms with Gasteiger partial charge < -0.3 is 19.3 Å². The zero-order valence-electron chi connectivity index (χ0n) is 16.3. The Morgan fingerprint density at radius 1 is 0.933 bits per heavy atom. The topological polar surface area (TPSA) is 108 Å². The summed E-state index contributed by atoms with van der Waals surface area (Å²) in [6, 6.07) is 8.61. The molecule has 8 nitrogen and oxygen atoms in total. The summed E-state index contributed by atoms with van der Waals surface area (Å²) < 4.78 is 5.39. The second-order valence-electron chi connectivity index (χ2n) is 7.58. The van der Waals surface area contributed by atoms with Crippen molar-refractivity contribution in [1.29, 1.82) is 0 Å². The molecule has 2 fully saturated rings. The van der Waals surface area contributed by atoms with Crippen molar-refractivity contribution in [2.45, 2.75) is 37.8 Å². The first kappa shape index (κ1) is 19.9. The minimum atomic E-state index is -0.997. The number of carbonyl (C=O) groups is 4. The largest absolute Gasteiger partial charge is 0.480 e. The second kappa shape index (κ2) is 8.14. The van der Waals surface area contributed by atoms with Crippen molar-refractivity contribution >= 4 is 24.1 Å². The lowest BCUT2D eigenvalue weighted by Crippen LogP contribution is -2.50. The number of carboxylic acids is 1. The summed E-state index contributed by atoms with van der Waals surface area (Å²) >= 11 is 0. The summed E-state index contributed by atoms with van der Waals surface area (Å²) in [4.78, 5) is 51.2. The Morgan fingerprint density at radius 3 is 2.23 bits per heavy atom. The SMILES string of the molecule is O=Cc1ccc(-c2ccc(C(=O)N3CCC[C@H]3C(=O)N3CCC[C@H]3C(=O)O)cc2)o1. The number of carbonyl (C=O) groups excluding carboxylic acids is 3. The van der Waals surface area contributed by atoms with Crippen LogP contribution in [0.3, 0.4) is 0 Å². The molecule has 2 atom stereocenters. The Balaban J connectivity index is 1.50. The Bertz CT molecular complexity index is 980. The zero-order chi connectivity index (χ0) is 21.3. The molecule has 2 aliphatic heterocycles. The van der Waals surface area contributed by atoms with Crippen molar-refractivity contribution in [1.82, 2.24) is 9.80 Å². The monoisotopic (exact) mass is 410 g/mol. The van der Waals surface area contributed by atoms with Gasteiger partial charge in [-0.15, -0.1) is 0 Å². The number of aldehydes is 1. The Kier molecular flexibility index (Phi) is 5.39. The summed E-state index contributed by atoms with van der Waals surface area (Å²) in [7, 11) is 0. The van der Waals surface area contributed by atoms with Crippen LogP contribution in [-0.2, 0) is 9.59 Å². The standard InChI is InChI=1S/C22H22N2O6/c25-13-16-9-10-19(30-16)14-5-7-15(8-6-14)20(26)23-11-1-3-17(23)21(27)24-12-2-4-18(24)22(28)29/h5-10,13,17-18H,1-4,11-12H2,(H,28,29)/t17-,18-/m0/s1. The maximum absolute atomic E-state index is 13.1. The lowest BCUT2D eigenvalue weighted by atomic mass is 10.1. The van der Waals surface area contributed by atoms with Gasteiger partial charge in [0, 0.05) is 24.2 Å². The second-order valence-corrected chi connectivity index (χ2v) is 7.58. The van der Waals surface area contributed by atoms with E-state index in [4.69, 9.17) is 4.42 Å². The number of rotatable bonds is 5. The molecule has 0 saturated carbocycles. The van der Waals surface area contributed by atoms with Gasteiger partial charge in [-0.3, -0.25) is 14.4 Å². The highest BCUT2D eigenvalue weighted by Crippen LogP contribution is 2.27. The van der Waals surface area contributed by atoms with Crippen molar-refractivity contribution in [3.63, 3.8) is 0 Å². The van der Waals surface area contributed by atoms with E-state index in [1.165, 1.54) is 4.90 Å². The molecule has 2 aliphatic rings. The maximum atomic E-state index is 13.1. The molecule has 0 unspecified atom stereocenters. The van der Waals surface area contributed by atoms with Gasteiger partial charge in [0.25, 0.3) is 5.91 Å². The van der Waals surface area contributed by atoms with Crippen molar-refractivity contribution in [2.24, 2.45) is 0 Å². The molecule has 0 bridgehead atoms. The lowest BCUT2D eigenvalue weighted by molar-refractivity contribution is -0.149. The number of hydrogen-bond acceptors (Lipinski definition) is 5. The van der Waals surface area contributed by atoms with Crippen LogP contribution < -0.4 is 0 Å². The van der Waals surface area contributed by atoms with Gasteiger partial charge in [0.15, 0.2) is 12.0 Å². The van der Waals surface area contributed by atoms with Crippen molar-refractivity contribution in [3.8, 4) is 11.3 Å². The van der Waals surface area contributed by atoms with Crippen molar-refractivity contribution < 1.29 is 28.7 Å². The van der Waals surface area contributed by atoms with E-state index in [1.54, 1.807) is 41.3 Å². The van der Waals surface area contributed by atoms with Crippen LogP contribution in [0, 0.1) is 0 Å². The van der Waals surface area contributed by atoms with E-state index in [1.807, 2.05) is 0 Å². The number of benzene rings is 1. The molecule has 1 aromatic carbocycles. The van der Waals surface area contributed by atoms with Crippen LogP contribution in [0.5, 0.6) is 0 Å². The molecule has 0 radical (unpaired) electrons. The molecule has 3 heterocycles. The van der Waals surface area contributed by atoms with Crippen LogP contribution in [0.2, 0.25) is 0 Å². The molecular formula is C22H22N2O6. The van der Waals surface area contributed by atoms with Gasteiger partial charge in [0.05, 0.1) is 0 Å². The van der Waals surface area contributed by atoms with E-state index in [0.29, 0.717) is 56.4 Å². The highest BCUT2D eigenvalue weighted by molar-refractivity contribution is 5.99. The average molecular weight is 410 g/mol. The van der Waals surface area contributed by atoms with E-state index in [-0.39, 0.29) is 17.6 Å². The highest BCUT2D eigenvalue weighted by atomic mass is 16.4. The molecule has 30 heavy (non-hydrogen) atoms. The van der Waals surface area contributed by atoms with E-state index in [2.05, 4.69) is 0 Å².